The maximum absolute atomic E-state index is 13.1. The molecule has 10 heteroatoms. The Morgan fingerprint density at radius 3 is 2.71 bits per heavy atom. The Morgan fingerprint density at radius 1 is 1.43 bits per heavy atom. The molecule has 2 heterocycles. The lowest BCUT2D eigenvalue weighted by Crippen LogP contribution is -2.60. The van der Waals surface area contributed by atoms with E-state index in [1.807, 2.05) is 12.3 Å². The van der Waals surface area contributed by atoms with E-state index in [0.29, 0.717) is 19.4 Å². The molecule has 1 aromatic rings. The van der Waals surface area contributed by atoms with Gasteiger partial charge in [-0.15, -0.1) is 11.3 Å². The van der Waals surface area contributed by atoms with Crippen molar-refractivity contribution in [1.82, 2.24) is 20.7 Å². The summed E-state index contributed by atoms with van der Waals surface area (Å²) in [6, 6.07) is -1.46. The van der Waals surface area contributed by atoms with Gasteiger partial charge in [-0.3, -0.25) is 14.6 Å². The summed E-state index contributed by atoms with van der Waals surface area (Å²) < 4.78 is 10.1. The van der Waals surface area contributed by atoms with Crippen LogP contribution >= 0.6 is 11.3 Å². The van der Waals surface area contributed by atoms with Crippen molar-refractivity contribution in [3.05, 3.63) is 16.1 Å². The minimum absolute atomic E-state index is 0.234. The third kappa shape index (κ3) is 6.45. The van der Waals surface area contributed by atoms with Crippen LogP contribution in [0.3, 0.4) is 0 Å². The SMILES string of the molecule is COC(=O)[C@@H]1CCCN(C(=O)[C@H](Cc2nc(C)cs2)NC(=O)OC(C)(C)C)N1. The number of thiazole rings is 1. The highest BCUT2D eigenvalue weighted by molar-refractivity contribution is 7.09. The molecule has 0 aliphatic carbocycles. The number of hydrazine groups is 1. The van der Waals surface area contributed by atoms with E-state index in [0.717, 1.165) is 10.7 Å². The molecule has 0 radical (unpaired) electrons. The molecule has 0 aromatic carbocycles. The van der Waals surface area contributed by atoms with Crippen molar-refractivity contribution in [2.45, 2.75) is 64.6 Å². The monoisotopic (exact) mass is 412 g/mol. The van der Waals surface area contributed by atoms with Crippen molar-refractivity contribution in [1.29, 1.82) is 0 Å². The van der Waals surface area contributed by atoms with Crippen LogP contribution in [0.25, 0.3) is 0 Å². The summed E-state index contributed by atoms with van der Waals surface area (Å²) in [5.41, 5.74) is 3.06. The number of alkyl carbamates (subject to hydrolysis) is 1. The lowest BCUT2D eigenvalue weighted by molar-refractivity contribution is -0.150. The third-order valence-electron chi connectivity index (χ3n) is 3.97. The quantitative estimate of drug-likeness (QED) is 0.706. The van der Waals surface area contributed by atoms with Crippen LogP contribution < -0.4 is 10.7 Å². The number of aromatic nitrogens is 1. The van der Waals surface area contributed by atoms with Crippen molar-refractivity contribution >= 4 is 29.3 Å². The average Bonchev–Trinajstić information content (AvgIpc) is 3.03. The molecule has 0 spiro atoms. The van der Waals surface area contributed by atoms with Crippen molar-refractivity contribution in [3.63, 3.8) is 0 Å². The predicted molar refractivity (Wildman–Crippen MR) is 104 cm³/mol. The van der Waals surface area contributed by atoms with Crippen LogP contribution in [-0.4, -0.2) is 59.3 Å². The van der Waals surface area contributed by atoms with Crippen LogP contribution in [-0.2, 0) is 25.5 Å². The van der Waals surface area contributed by atoms with Crippen LogP contribution in [0, 0.1) is 6.92 Å². The van der Waals surface area contributed by atoms with Crippen LogP contribution in [0.15, 0.2) is 5.38 Å². The number of hydrogen-bond acceptors (Lipinski definition) is 8. The molecule has 0 bridgehead atoms. The molecule has 2 amide bonds. The summed E-state index contributed by atoms with van der Waals surface area (Å²) >= 11 is 1.42. The number of hydrogen-bond donors (Lipinski definition) is 2. The Kier molecular flexibility index (Phi) is 7.36. The van der Waals surface area contributed by atoms with E-state index >= 15 is 0 Å². The van der Waals surface area contributed by atoms with Gasteiger partial charge < -0.3 is 14.8 Å². The summed E-state index contributed by atoms with van der Waals surface area (Å²) in [7, 11) is 1.31. The number of nitrogens with zero attached hydrogens (tertiary/aromatic N) is 2. The number of methoxy groups -OCH3 is 1. The van der Waals surface area contributed by atoms with Gasteiger partial charge in [0.25, 0.3) is 5.91 Å². The van der Waals surface area contributed by atoms with Gasteiger partial charge in [-0.25, -0.2) is 15.2 Å². The van der Waals surface area contributed by atoms with E-state index in [4.69, 9.17) is 9.47 Å². The van der Waals surface area contributed by atoms with Crippen molar-refractivity contribution < 1.29 is 23.9 Å². The molecule has 9 nitrogen and oxygen atoms in total. The minimum atomic E-state index is -0.871. The molecule has 1 aromatic heterocycles. The number of nitrogens with one attached hydrogen (secondary N) is 2. The molecule has 1 saturated heterocycles. The summed E-state index contributed by atoms with van der Waals surface area (Å²) in [5, 5.41) is 6.63. The second-order valence-electron chi connectivity index (χ2n) is 7.62. The molecular weight excluding hydrogens is 384 g/mol. The zero-order chi connectivity index (χ0) is 20.9. The lowest BCUT2D eigenvalue weighted by atomic mass is 10.1. The van der Waals surface area contributed by atoms with Gasteiger partial charge in [-0.05, 0) is 40.5 Å². The van der Waals surface area contributed by atoms with Gasteiger partial charge >= 0.3 is 12.1 Å². The van der Waals surface area contributed by atoms with E-state index in [1.54, 1.807) is 20.8 Å². The Morgan fingerprint density at radius 2 is 2.14 bits per heavy atom. The van der Waals surface area contributed by atoms with Gasteiger partial charge in [-0.1, -0.05) is 0 Å². The summed E-state index contributed by atoms with van der Waals surface area (Å²) in [5.74, 6) is -0.781. The fraction of sp³-hybridized carbons (Fsp3) is 0.667. The van der Waals surface area contributed by atoms with Gasteiger partial charge in [0, 0.05) is 24.0 Å². The zero-order valence-corrected chi connectivity index (χ0v) is 17.7. The molecule has 2 atom stereocenters. The lowest BCUT2D eigenvalue weighted by Gasteiger charge is -2.34. The van der Waals surface area contributed by atoms with E-state index in [-0.39, 0.29) is 12.3 Å². The highest BCUT2D eigenvalue weighted by Gasteiger charge is 2.34. The number of ether oxygens (including phenoxy) is 2. The van der Waals surface area contributed by atoms with Gasteiger partial charge in [-0.2, -0.15) is 0 Å². The highest BCUT2D eigenvalue weighted by Crippen LogP contribution is 2.15. The molecule has 156 valence electrons. The topological polar surface area (TPSA) is 110 Å². The predicted octanol–water partition coefficient (Wildman–Crippen LogP) is 1.56. The first-order valence-corrected chi connectivity index (χ1v) is 10.0. The van der Waals surface area contributed by atoms with Crippen molar-refractivity contribution in [2.75, 3.05) is 13.7 Å². The number of rotatable bonds is 5. The molecule has 2 N–H and O–H groups in total. The van der Waals surface area contributed by atoms with Crippen LogP contribution in [0.5, 0.6) is 0 Å². The van der Waals surface area contributed by atoms with Crippen molar-refractivity contribution in [2.24, 2.45) is 0 Å². The number of carbonyl (C=O) groups excluding carboxylic acids is 3. The van der Waals surface area contributed by atoms with Crippen molar-refractivity contribution in [3.8, 4) is 0 Å². The first-order chi connectivity index (χ1) is 13.1. The van der Waals surface area contributed by atoms with Gasteiger partial charge in [0.15, 0.2) is 0 Å². The Balaban J connectivity index is 2.13. The van der Waals surface area contributed by atoms with E-state index in [2.05, 4.69) is 15.7 Å². The van der Waals surface area contributed by atoms with Gasteiger partial charge in [0.05, 0.1) is 12.1 Å². The largest absolute Gasteiger partial charge is 0.468 e. The van der Waals surface area contributed by atoms with Crippen LogP contribution in [0.4, 0.5) is 4.79 Å². The Hall–Kier alpha value is -2.20. The third-order valence-corrected chi connectivity index (χ3v) is 4.96. The smallest absolute Gasteiger partial charge is 0.408 e. The molecule has 1 aliphatic heterocycles. The number of amides is 2. The van der Waals surface area contributed by atoms with Gasteiger partial charge in [0.1, 0.15) is 17.7 Å². The molecule has 2 rings (SSSR count). The Bertz CT molecular complexity index is 715. The normalized spacial score (nSPS) is 18.3. The second-order valence-corrected chi connectivity index (χ2v) is 8.57. The zero-order valence-electron chi connectivity index (χ0n) is 16.9. The number of esters is 1. The van der Waals surface area contributed by atoms with E-state index < -0.39 is 29.7 Å². The van der Waals surface area contributed by atoms with Gasteiger partial charge in [0.2, 0.25) is 0 Å². The summed E-state index contributed by atoms with van der Waals surface area (Å²) in [6.45, 7) is 7.54. The average molecular weight is 413 g/mol. The van der Waals surface area contributed by atoms with E-state index in [9.17, 15) is 14.4 Å². The first kappa shape index (κ1) is 22.1. The molecular formula is C18H28N4O5S. The molecule has 1 fully saturated rings. The Labute approximate surface area is 168 Å². The number of carbonyl (C=O) groups is 3. The maximum Gasteiger partial charge on any atom is 0.408 e. The van der Waals surface area contributed by atoms with Crippen LogP contribution in [0.2, 0.25) is 0 Å². The fourth-order valence-corrected chi connectivity index (χ4v) is 3.59. The standard InChI is InChI=1S/C18H28N4O5S/c1-11-10-28-14(19-11)9-13(20-17(25)27-18(2,3)4)15(23)22-8-6-7-12(21-22)16(24)26-5/h10,12-13,21H,6-9H2,1-5H3,(H,20,25)/t12-,13-/m0/s1. The molecule has 0 unspecified atom stereocenters. The fourth-order valence-electron chi connectivity index (χ4n) is 2.77. The molecule has 1 aliphatic rings. The first-order valence-electron chi connectivity index (χ1n) is 9.15. The van der Waals surface area contributed by atoms with E-state index in [1.165, 1.54) is 23.5 Å². The molecule has 28 heavy (non-hydrogen) atoms. The molecule has 0 saturated carbocycles. The minimum Gasteiger partial charge on any atom is -0.468 e. The summed E-state index contributed by atoms with van der Waals surface area (Å²) in [4.78, 5) is 41.5. The highest BCUT2D eigenvalue weighted by atomic mass is 32.1. The maximum atomic E-state index is 13.1. The number of aryl methyl sites for hydroxylation is 1. The second kappa shape index (κ2) is 9.33. The van der Waals surface area contributed by atoms with Crippen LogP contribution in [0.1, 0.15) is 44.3 Å². The summed E-state index contributed by atoms with van der Waals surface area (Å²) in [6.07, 6.45) is 0.776.